The molecule has 0 atom stereocenters. The third-order valence-electron chi connectivity index (χ3n) is 3.89. The van der Waals surface area contributed by atoms with Gasteiger partial charge in [-0.25, -0.2) is 0 Å². The van der Waals surface area contributed by atoms with Crippen LogP contribution in [0.4, 0.5) is 0 Å². The summed E-state index contributed by atoms with van der Waals surface area (Å²) in [4.78, 5) is 12.6. The molecular formula is C22H20O2. The van der Waals surface area contributed by atoms with Crippen molar-refractivity contribution in [3.8, 4) is 5.75 Å². The molecule has 0 aromatic heterocycles. The van der Waals surface area contributed by atoms with Crippen LogP contribution < -0.4 is 4.74 Å². The lowest BCUT2D eigenvalue weighted by atomic mass is 10.0. The first-order chi connectivity index (χ1) is 11.7. The van der Waals surface area contributed by atoms with Crippen LogP contribution >= 0.6 is 0 Å². The molecule has 1 aliphatic carbocycles. The summed E-state index contributed by atoms with van der Waals surface area (Å²) in [5.74, 6) is 0.791. The Labute approximate surface area is 142 Å². The first kappa shape index (κ1) is 16.0. The number of hydrogen-bond acceptors (Lipinski definition) is 2. The average Bonchev–Trinajstić information content (AvgIpc) is 3.13. The maximum absolute atomic E-state index is 12.6. The van der Waals surface area contributed by atoms with Crippen LogP contribution in [0.2, 0.25) is 0 Å². The maximum atomic E-state index is 12.6. The number of aryl methyl sites for hydroxylation is 1. The van der Waals surface area contributed by atoms with Gasteiger partial charge in [0.05, 0.1) is 5.56 Å². The number of ether oxygens (including phenoxy) is 1. The fourth-order valence-electron chi connectivity index (χ4n) is 2.56. The van der Waals surface area contributed by atoms with Gasteiger partial charge in [-0.15, -0.1) is 0 Å². The van der Waals surface area contributed by atoms with E-state index in [1.54, 1.807) is 6.08 Å². The Hall–Kier alpha value is -2.87. The minimum Gasteiger partial charge on any atom is -0.488 e. The summed E-state index contributed by atoms with van der Waals surface area (Å²) in [7, 11) is 0. The number of carbonyl (C=O) groups excluding carboxylic acids is 1. The molecule has 0 N–H and O–H groups in total. The molecule has 2 heteroatoms. The van der Waals surface area contributed by atoms with E-state index in [0.717, 1.165) is 11.1 Å². The minimum atomic E-state index is -0.0320. The molecule has 0 saturated carbocycles. The second kappa shape index (κ2) is 7.60. The Morgan fingerprint density at radius 1 is 1.08 bits per heavy atom. The second-order valence-electron chi connectivity index (χ2n) is 5.84. The zero-order valence-corrected chi connectivity index (χ0v) is 13.7. The Kier molecular flexibility index (Phi) is 5.07. The van der Waals surface area contributed by atoms with Gasteiger partial charge in [0.2, 0.25) is 0 Å². The van der Waals surface area contributed by atoms with Crippen LogP contribution in [0.5, 0.6) is 5.75 Å². The largest absolute Gasteiger partial charge is 0.488 e. The molecule has 0 radical (unpaired) electrons. The van der Waals surface area contributed by atoms with Crippen LogP contribution in [0.15, 0.2) is 85.0 Å². The number of rotatable bonds is 6. The first-order valence-electron chi connectivity index (χ1n) is 8.07. The van der Waals surface area contributed by atoms with Gasteiger partial charge in [0.1, 0.15) is 12.4 Å². The van der Waals surface area contributed by atoms with Crippen LogP contribution in [0.3, 0.4) is 0 Å². The summed E-state index contributed by atoms with van der Waals surface area (Å²) < 4.78 is 5.89. The molecular weight excluding hydrogens is 296 g/mol. The Morgan fingerprint density at radius 3 is 2.58 bits per heavy atom. The summed E-state index contributed by atoms with van der Waals surface area (Å²) in [5.41, 5.74) is 2.72. The molecule has 0 aliphatic heterocycles. The van der Waals surface area contributed by atoms with E-state index in [4.69, 9.17) is 4.74 Å². The zero-order chi connectivity index (χ0) is 16.8. The molecule has 1 aliphatic rings. The summed E-state index contributed by atoms with van der Waals surface area (Å²) in [6, 6.07) is 15.7. The van der Waals surface area contributed by atoms with Gasteiger partial charge >= 0.3 is 0 Å². The predicted molar refractivity (Wildman–Crippen MR) is 97.2 cm³/mol. The van der Waals surface area contributed by atoms with Gasteiger partial charge in [0.15, 0.2) is 5.78 Å². The quantitative estimate of drug-likeness (QED) is 0.550. The zero-order valence-electron chi connectivity index (χ0n) is 13.7. The highest BCUT2D eigenvalue weighted by molar-refractivity contribution is 6.06. The van der Waals surface area contributed by atoms with Crippen LogP contribution in [0.1, 0.15) is 21.5 Å². The topological polar surface area (TPSA) is 26.3 Å². The third-order valence-corrected chi connectivity index (χ3v) is 3.89. The van der Waals surface area contributed by atoms with Crippen molar-refractivity contribution in [2.24, 2.45) is 5.92 Å². The minimum absolute atomic E-state index is 0.0320. The van der Waals surface area contributed by atoms with Crippen molar-refractivity contribution in [1.82, 2.24) is 0 Å². The van der Waals surface area contributed by atoms with Crippen molar-refractivity contribution >= 4 is 5.78 Å². The van der Waals surface area contributed by atoms with Crippen LogP contribution in [-0.2, 0) is 6.61 Å². The van der Waals surface area contributed by atoms with Crippen molar-refractivity contribution < 1.29 is 9.53 Å². The number of ketones is 1. The van der Waals surface area contributed by atoms with Gasteiger partial charge in [-0.2, -0.15) is 0 Å². The molecule has 2 aromatic carbocycles. The van der Waals surface area contributed by atoms with Gasteiger partial charge in [-0.3, -0.25) is 4.79 Å². The molecule has 0 bridgehead atoms. The maximum Gasteiger partial charge on any atom is 0.189 e. The highest BCUT2D eigenvalue weighted by atomic mass is 16.5. The summed E-state index contributed by atoms with van der Waals surface area (Å²) in [5, 5.41) is 0. The SMILES string of the molecule is Cc1ccc(OCc2ccccc2)c(C(=O)C=CC2C=CC=C2)c1. The normalized spacial score (nSPS) is 13.7. The molecule has 0 spiro atoms. The Balaban J connectivity index is 1.76. The van der Waals surface area contributed by atoms with E-state index in [9.17, 15) is 4.79 Å². The van der Waals surface area contributed by atoms with Crippen LogP contribution in [-0.4, -0.2) is 5.78 Å². The smallest absolute Gasteiger partial charge is 0.189 e. The summed E-state index contributed by atoms with van der Waals surface area (Å²) in [6.07, 6.45) is 11.6. The fraction of sp³-hybridized carbons (Fsp3) is 0.136. The molecule has 0 heterocycles. The van der Waals surface area contributed by atoms with Crippen molar-refractivity contribution in [1.29, 1.82) is 0 Å². The lowest BCUT2D eigenvalue weighted by Gasteiger charge is -2.11. The highest BCUT2D eigenvalue weighted by Gasteiger charge is 2.11. The van der Waals surface area contributed by atoms with E-state index in [1.165, 1.54) is 0 Å². The van der Waals surface area contributed by atoms with E-state index >= 15 is 0 Å². The third kappa shape index (κ3) is 4.11. The Morgan fingerprint density at radius 2 is 1.83 bits per heavy atom. The Bertz CT molecular complexity index is 786. The molecule has 2 nitrogen and oxygen atoms in total. The van der Waals surface area contributed by atoms with Gasteiger partial charge in [0.25, 0.3) is 0 Å². The molecule has 3 rings (SSSR count). The molecule has 0 fully saturated rings. The fourth-order valence-corrected chi connectivity index (χ4v) is 2.56. The van der Waals surface area contributed by atoms with Crippen LogP contribution in [0, 0.1) is 12.8 Å². The van der Waals surface area contributed by atoms with E-state index in [1.807, 2.05) is 85.8 Å². The summed E-state index contributed by atoms with van der Waals surface area (Å²) >= 11 is 0. The van der Waals surface area contributed by atoms with Gasteiger partial charge < -0.3 is 4.74 Å². The standard InChI is InChI=1S/C22H20O2/c1-17-11-14-22(24-16-19-9-3-2-4-10-19)20(15-17)21(23)13-12-18-7-5-6-8-18/h2-15,18H,16H2,1H3. The average molecular weight is 316 g/mol. The first-order valence-corrected chi connectivity index (χ1v) is 8.07. The van der Waals surface area contributed by atoms with E-state index in [-0.39, 0.29) is 11.7 Å². The summed E-state index contributed by atoms with van der Waals surface area (Å²) in [6.45, 7) is 2.42. The van der Waals surface area contributed by atoms with Crippen molar-refractivity contribution in [3.05, 3.63) is 102 Å². The van der Waals surface area contributed by atoms with Gasteiger partial charge in [-0.1, -0.05) is 72.3 Å². The molecule has 0 saturated heterocycles. The molecule has 24 heavy (non-hydrogen) atoms. The lowest BCUT2D eigenvalue weighted by Crippen LogP contribution is -2.03. The van der Waals surface area contributed by atoms with Crippen molar-refractivity contribution in [3.63, 3.8) is 0 Å². The second-order valence-corrected chi connectivity index (χ2v) is 5.84. The number of hydrogen-bond donors (Lipinski definition) is 0. The van der Waals surface area contributed by atoms with E-state index in [2.05, 4.69) is 0 Å². The predicted octanol–water partition coefficient (Wildman–Crippen LogP) is 5.06. The number of carbonyl (C=O) groups is 1. The number of benzene rings is 2. The molecule has 0 unspecified atom stereocenters. The highest BCUT2D eigenvalue weighted by Crippen LogP contribution is 2.23. The monoisotopic (exact) mass is 316 g/mol. The molecule has 120 valence electrons. The van der Waals surface area contributed by atoms with Gasteiger partial charge in [0, 0.05) is 5.92 Å². The van der Waals surface area contributed by atoms with Gasteiger partial charge in [-0.05, 0) is 30.7 Å². The van der Waals surface area contributed by atoms with Crippen LogP contribution in [0.25, 0.3) is 0 Å². The van der Waals surface area contributed by atoms with Crippen molar-refractivity contribution in [2.75, 3.05) is 0 Å². The number of allylic oxidation sites excluding steroid dienone is 6. The van der Waals surface area contributed by atoms with E-state index in [0.29, 0.717) is 17.9 Å². The van der Waals surface area contributed by atoms with E-state index < -0.39 is 0 Å². The molecule has 2 aromatic rings. The van der Waals surface area contributed by atoms with Crippen molar-refractivity contribution in [2.45, 2.75) is 13.5 Å². The lowest BCUT2D eigenvalue weighted by molar-refractivity contribution is 0.104. The molecule has 0 amide bonds.